The Morgan fingerprint density at radius 3 is 2.37 bits per heavy atom. The molecule has 1 fully saturated rings. The summed E-state index contributed by atoms with van der Waals surface area (Å²) in [5.74, 6) is 0.798. The van der Waals surface area contributed by atoms with E-state index < -0.39 is 0 Å². The number of carbonyl (C=O) groups is 1. The molecule has 1 N–H and O–H groups in total. The maximum Gasteiger partial charge on any atom is 0.230 e. The normalized spacial score (nSPS) is 18.3. The summed E-state index contributed by atoms with van der Waals surface area (Å²) in [6.45, 7) is 4.43. The molecule has 0 radical (unpaired) electrons. The SMILES string of the molecule is CC(C)CC1(C(=O)Nc2ccccc2)CCCCC1. The van der Waals surface area contributed by atoms with E-state index in [2.05, 4.69) is 19.2 Å². The fraction of sp³-hybridized carbons (Fsp3) is 0.588. The molecule has 1 aliphatic carbocycles. The van der Waals surface area contributed by atoms with Crippen molar-refractivity contribution in [3.63, 3.8) is 0 Å². The molecule has 1 amide bonds. The molecule has 1 aromatic rings. The summed E-state index contributed by atoms with van der Waals surface area (Å²) in [4.78, 5) is 12.7. The third kappa shape index (κ3) is 3.59. The maximum absolute atomic E-state index is 12.7. The number of rotatable bonds is 4. The van der Waals surface area contributed by atoms with Crippen molar-refractivity contribution in [1.82, 2.24) is 0 Å². The Morgan fingerprint density at radius 2 is 1.79 bits per heavy atom. The van der Waals surface area contributed by atoms with Gasteiger partial charge in [-0.05, 0) is 37.3 Å². The molecule has 0 bridgehead atoms. The molecule has 104 valence electrons. The average Bonchev–Trinajstić information content (AvgIpc) is 2.40. The monoisotopic (exact) mass is 259 g/mol. The molecule has 2 nitrogen and oxygen atoms in total. The number of carbonyl (C=O) groups excluding carboxylic acids is 1. The molecule has 0 atom stereocenters. The van der Waals surface area contributed by atoms with Crippen LogP contribution in [-0.4, -0.2) is 5.91 Å². The molecule has 0 spiro atoms. The van der Waals surface area contributed by atoms with Crippen LogP contribution in [0.4, 0.5) is 5.69 Å². The number of anilines is 1. The van der Waals surface area contributed by atoms with E-state index in [0.717, 1.165) is 24.9 Å². The molecule has 0 saturated heterocycles. The Hall–Kier alpha value is -1.31. The zero-order valence-corrected chi connectivity index (χ0v) is 12.1. The van der Waals surface area contributed by atoms with Gasteiger partial charge in [-0.2, -0.15) is 0 Å². The second-order valence-corrected chi connectivity index (χ2v) is 6.26. The molecular formula is C17H25NO. The van der Waals surface area contributed by atoms with Gasteiger partial charge in [0, 0.05) is 11.1 Å². The van der Waals surface area contributed by atoms with Gasteiger partial charge < -0.3 is 5.32 Å². The summed E-state index contributed by atoms with van der Waals surface area (Å²) in [7, 11) is 0. The number of amides is 1. The summed E-state index contributed by atoms with van der Waals surface area (Å²) >= 11 is 0. The lowest BCUT2D eigenvalue weighted by molar-refractivity contribution is -0.128. The van der Waals surface area contributed by atoms with Crippen LogP contribution in [0.15, 0.2) is 30.3 Å². The Balaban J connectivity index is 2.11. The second kappa shape index (κ2) is 6.23. The van der Waals surface area contributed by atoms with Crippen LogP contribution in [0.2, 0.25) is 0 Å². The maximum atomic E-state index is 12.7. The number of benzene rings is 1. The zero-order chi connectivity index (χ0) is 13.7. The van der Waals surface area contributed by atoms with Gasteiger partial charge in [0.1, 0.15) is 0 Å². The first-order chi connectivity index (χ1) is 9.12. The summed E-state index contributed by atoms with van der Waals surface area (Å²) in [6, 6.07) is 9.82. The second-order valence-electron chi connectivity index (χ2n) is 6.26. The lowest BCUT2D eigenvalue weighted by atomic mass is 9.69. The van der Waals surface area contributed by atoms with E-state index in [0.29, 0.717) is 5.92 Å². The Morgan fingerprint density at radius 1 is 1.16 bits per heavy atom. The highest BCUT2D eigenvalue weighted by molar-refractivity contribution is 5.95. The fourth-order valence-electron chi connectivity index (χ4n) is 3.32. The van der Waals surface area contributed by atoms with Gasteiger partial charge in [-0.3, -0.25) is 4.79 Å². The Labute approximate surface area is 116 Å². The summed E-state index contributed by atoms with van der Waals surface area (Å²) < 4.78 is 0. The van der Waals surface area contributed by atoms with E-state index in [4.69, 9.17) is 0 Å². The minimum atomic E-state index is -0.137. The fourth-order valence-corrected chi connectivity index (χ4v) is 3.32. The van der Waals surface area contributed by atoms with E-state index >= 15 is 0 Å². The van der Waals surface area contributed by atoms with Crippen LogP contribution in [0.1, 0.15) is 52.4 Å². The van der Waals surface area contributed by atoms with E-state index in [-0.39, 0.29) is 11.3 Å². The van der Waals surface area contributed by atoms with Gasteiger partial charge in [0.05, 0.1) is 0 Å². The summed E-state index contributed by atoms with van der Waals surface area (Å²) in [5, 5.41) is 3.12. The smallest absolute Gasteiger partial charge is 0.230 e. The molecule has 1 aliphatic rings. The van der Waals surface area contributed by atoms with Crippen LogP contribution >= 0.6 is 0 Å². The van der Waals surface area contributed by atoms with Crippen molar-refractivity contribution in [2.45, 2.75) is 52.4 Å². The highest BCUT2D eigenvalue weighted by Gasteiger charge is 2.39. The van der Waals surface area contributed by atoms with Gasteiger partial charge in [0.2, 0.25) is 5.91 Å². The molecule has 2 rings (SSSR count). The van der Waals surface area contributed by atoms with E-state index in [1.807, 2.05) is 30.3 Å². The number of para-hydroxylation sites is 1. The molecule has 2 heteroatoms. The van der Waals surface area contributed by atoms with Gasteiger partial charge >= 0.3 is 0 Å². The van der Waals surface area contributed by atoms with Crippen molar-refractivity contribution < 1.29 is 4.79 Å². The highest BCUT2D eigenvalue weighted by atomic mass is 16.2. The van der Waals surface area contributed by atoms with Crippen LogP contribution in [0.25, 0.3) is 0 Å². The van der Waals surface area contributed by atoms with Crippen molar-refractivity contribution in [1.29, 1.82) is 0 Å². The third-order valence-electron chi connectivity index (χ3n) is 4.12. The lowest BCUT2D eigenvalue weighted by Gasteiger charge is -2.37. The van der Waals surface area contributed by atoms with Gasteiger partial charge in [0.25, 0.3) is 0 Å². The molecule has 19 heavy (non-hydrogen) atoms. The average molecular weight is 259 g/mol. The standard InChI is InChI=1S/C17H25NO/c1-14(2)13-17(11-7-4-8-12-17)16(19)18-15-9-5-3-6-10-15/h3,5-6,9-10,14H,4,7-8,11-13H2,1-2H3,(H,18,19). The van der Waals surface area contributed by atoms with Crippen molar-refractivity contribution in [2.24, 2.45) is 11.3 Å². The van der Waals surface area contributed by atoms with Gasteiger partial charge in [-0.25, -0.2) is 0 Å². The molecule has 0 aromatic heterocycles. The molecular weight excluding hydrogens is 234 g/mol. The molecule has 0 unspecified atom stereocenters. The van der Waals surface area contributed by atoms with E-state index in [9.17, 15) is 4.79 Å². The molecule has 1 aromatic carbocycles. The number of hydrogen-bond acceptors (Lipinski definition) is 1. The minimum Gasteiger partial charge on any atom is -0.326 e. The van der Waals surface area contributed by atoms with Crippen LogP contribution < -0.4 is 5.32 Å². The predicted molar refractivity (Wildman–Crippen MR) is 80.0 cm³/mol. The van der Waals surface area contributed by atoms with Gasteiger partial charge in [-0.1, -0.05) is 51.3 Å². The summed E-state index contributed by atoms with van der Waals surface area (Å²) in [6.07, 6.45) is 6.75. The Bertz CT molecular complexity index is 405. The number of nitrogens with one attached hydrogen (secondary N) is 1. The zero-order valence-electron chi connectivity index (χ0n) is 12.1. The van der Waals surface area contributed by atoms with Gasteiger partial charge in [0.15, 0.2) is 0 Å². The molecule has 0 aliphatic heterocycles. The Kier molecular flexibility index (Phi) is 4.62. The van der Waals surface area contributed by atoms with E-state index in [1.165, 1.54) is 19.3 Å². The van der Waals surface area contributed by atoms with Crippen LogP contribution in [0.3, 0.4) is 0 Å². The first-order valence-electron chi connectivity index (χ1n) is 7.49. The van der Waals surface area contributed by atoms with Crippen LogP contribution in [0.5, 0.6) is 0 Å². The third-order valence-corrected chi connectivity index (χ3v) is 4.12. The first kappa shape index (κ1) is 14.1. The van der Waals surface area contributed by atoms with Crippen LogP contribution in [0, 0.1) is 11.3 Å². The molecule has 1 saturated carbocycles. The number of hydrogen-bond donors (Lipinski definition) is 1. The van der Waals surface area contributed by atoms with Crippen LogP contribution in [-0.2, 0) is 4.79 Å². The highest BCUT2D eigenvalue weighted by Crippen LogP contribution is 2.42. The van der Waals surface area contributed by atoms with Crippen molar-refractivity contribution in [3.8, 4) is 0 Å². The largest absolute Gasteiger partial charge is 0.326 e. The predicted octanol–water partition coefficient (Wildman–Crippen LogP) is 4.62. The lowest BCUT2D eigenvalue weighted by Crippen LogP contribution is -2.39. The van der Waals surface area contributed by atoms with Crippen molar-refractivity contribution in [2.75, 3.05) is 5.32 Å². The quantitative estimate of drug-likeness (QED) is 0.839. The summed E-state index contributed by atoms with van der Waals surface area (Å²) in [5.41, 5.74) is 0.781. The van der Waals surface area contributed by atoms with Crippen molar-refractivity contribution >= 4 is 11.6 Å². The topological polar surface area (TPSA) is 29.1 Å². The minimum absolute atomic E-state index is 0.137. The first-order valence-corrected chi connectivity index (χ1v) is 7.49. The van der Waals surface area contributed by atoms with Crippen molar-refractivity contribution in [3.05, 3.63) is 30.3 Å². The molecule has 0 heterocycles. The van der Waals surface area contributed by atoms with E-state index in [1.54, 1.807) is 0 Å². The van der Waals surface area contributed by atoms with Gasteiger partial charge in [-0.15, -0.1) is 0 Å².